The monoisotopic (exact) mass is 329 g/mol. The van der Waals surface area contributed by atoms with Crippen molar-refractivity contribution in [3.63, 3.8) is 0 Å². The quantitative estimate of drug-likeness (QED) is 0.668. The third kappa shape index (κ3) is 4.54. The molecule has 0 spiro atoms. The molecule has 0 amide bonds. The maximum absolute atomic E-state index is 12.8. The first-order chi connectivity index (χ1) is 9.96. The van der Waals surface area contributed by atoms with E-state index in [2.05, 4.69) is 10.1 Å². The van der Waals surface area contributed by atoms with E-state index in [1.54, 1.807) is 6.92 Å². The SMILES string of the molecule is CCOC(=O)[C@H](C)Nc1ccc(C(F)(F)F)c(C(F)(F)F)c1. The summed E-state index contributed by atoms with van der Waals surface area (Å²) in [5, 5.41) is 2.38. The minimum Gasteiger partial charge on any atom is -0.464 e. The Morgan fingerprint density at radius 1 is 1.14 bits per heavy atom. The van der Waals surface area contributed by atoms with Crippen molar-refractivity contribution in [1.82, 2.24) is 0 Å². The number of esters is 1. The number of hydrogen-bond acceptors (Lipinski definition) is 3. The van der Waals surface area contributed by atoms with Crippen molar-refractivity contribution < 1.29 is 35.9 Å². The normalized spacial score (nSPS) is 13.6. The standard InChI is InChI=1S/C13H13F6NO2/c1-3-22-11(21)7(2)20-8-4-5-9(12(14,15)16)10(6-8)13(17,18)19/h4-7,20H,3H2,1-2H3/t7-/m0/s1. The van der Waals surface area contributed by atoms with Crippen molar-refractivity contribution in [2.45, 2.75) is 32.2 Å². The Hall–Kier alpha value is -1.93. The minimum absolute atomic E-state index is 0.0751. The van der Waals surface area contributed by atoms with Gasteiger partial charge in [0.25, 0.3) is 0 Å². The summed E-state index contributed by atoms with van der Waals surface area (Å²) in [4.78, 5) is 11.4. The number of benzene rings is 1. The molecule has 9 heteroatoms. The van der Waals surface area contributed by atoms with E-state index in [1.165, 1.54) is 6.92 Å². The number of rotatable bonds is 4. The Morgan fingerprint density at radius 3 is 2.14 bits per heavy atom. The molecule has 22 heavy (non-hydrogen) atoms. The highest BCUT2D eigenvalue weighted by atomic mass is 19.4. The zero-order valence-electron chi connectivity index (χ0n) is 11.6. The van der Waals surface area contributed by atoms with Crippen LogP contribution in [0.1, 0.15) is 25.0 Å². The van der Waals surface area contributed by atoms with E-state index in [0.717, 1.165) is 6.07 Å². The van der Waals surface area contributed by atoms with Gasteiger partial charge < -0.3 is 10.1 Å². The second-order valence-corrected chi connectivity index (χ2v) is 4.37. The van der Waals surface area contributed by atoms with Gasteiger partial charge in [0.2, 0.25) is 0 Å². The second kappa shape index (κ2) is 6.45. The predicted octanol–water partition coefficient (Wildman–Crippen LogP) is 4.09. The van der Waals surface area contributed by atoms with Gasteiger partial charge in [0.1, 0.15) is 6.04 Å². The molecule has 0 fully saturated rings. The van der Waals surface area contributed by atoms with Crippen LogP contribution in [0.2, 0.25) is 0 Å². The highest BCUT2D eigenvalue weighted by molar-refractivity contribution is 5.78. The fourth-order valence-corrected chi connectivity index (χ4v) is 1.69. The summed E-state index contributed by atoms with van der Waals surface area (Å²) in [6.07, 6.45) is -10.3. The maximum Gasteiger partial charge on any atom is 0.417 e. The topological polar surface area (TPSA) is 38.3 Å². The van der Waals surface area contributed by atoms with Crippen molar-refractivity contribution in [3.8, 4) is 0 Å². The van der Waals surface area contributed by atoms with E-state index in [0.29, 0.717) is 12.1 Å². The van der Waals surface area contributed by atoms with Crippen LogP contribution in [0.5, 0.6) is 0 Å². The molecule has 1 aromatic rings. The molecule has 0 aliphatic heterocycles. The van der Waals surface area contributed by atoms with Crippen molar-refractivity contribution in [1.29, 1.82) is 0 Å². The van der Waals surface area contributed by atoms with Gasteiger partial charge in [-0.3, -0.25) is 0 Å². The van der Waals surface area contributed by atoms with Gasteiger partial charge in [-0.15, -0.1) is 0 Å². The largest absolute Gasteiger partial charge is 0.464 e. The van der Waals surface area contributed by atoms with Crippen LogP contribution in [0.4, 0.5) is 32.0 Å². The summed E-state index contributed by atoms with van der Waals surface area (Å²) in [6, 6.07) is 0.466. The van der Waals surface area contributed by atoms with E-state index in [-0.39, 0.29) is 12.3 Å². The Morgan fingerprint density at radius 2 is 1.68 bits per heavy atom. The van der Waals surface area contributed by atoms with Gasteiger partial charge in [-0.05, 0) is 32.0 Å². The van der Waals surface area contributed by atoms with Crippen LogP contribution in [0.15, 0.2) is 18.2 Å². The molecule has 1 rings (SSSR count). The van der Waals surface area contributed by atoms with Gasteiger partial charge in [-0.1, -0.05) is 0 Å². The predicted molar refractivity (Wildman–Crippen MR) is 66.2 cm³/mol. The van der Waals surface area contributed by atoms with Gasteiger partial charge >= 0.3 is 18.3 Å². The fourth-order valence-electron chi connectivity index (χ4n) is 1.69. The molecule has 0 aliphatic carbocycles. The summed E-state index contributed by atoms with van der Waals surface area (Å²) in [6.45, 7) is 2.94. The number of carbonyl (C=O) groups excluding carboxylic acids is 1. The molecule has 124 valence electrons. The van der Waals surface area contributed by atoms with Crippen LogP contribution in [-0.4, -0.2) is 18.6 Å². The summed E-state index contributed by atoms with van der Waals surface area (Å²) >= 11 is 0. The average molecular weight is 329 g/mol. The third-order valence-corrected chi connectivity index (χ3v) is 2.65. The van der Waals surface area contributed by atoms with Crippen LogP contribution in [0, 0.1) is 0 Å². The molecular weight excluding hydrogens is 316 g/mol. The molecule has 0 saturated carbocycles. The number of alkyl halides is 6. The number of halogens is 6. The van der Waals surface area contributed by atoms with Crippen LogP contribution >= 0.6 is 0 Å². The first kappa shape index (κ1) is 18.1. The lowest BCUT2D eigenvalue weighted by Gasteiger charge is -2.19. The first-order valence-corrected chi connectivity index (χ1v) is 6.18. The number of nitrogens with one attached hydrogen (secondary N) is 1. The number of ether oxygens (including phenoxy) is 1. The average Bonchev–Trinajstić information content (AvgIpc) is 2.36. The zero-order valence-corrected chi connectivity index (χ0v) is 11.6. The van der Waals surface area contributed by atoms with E-state index >= 15 is 0 Å². The van der Waals surface area contributed by atoms with E-state index < -0.39 is 35.5 Å². The van der Waals surface area contributed by atoms with Crippen molar-refractivity contribution in [3.05, 3.63) is 29.3 Å². The van der Waals surface area contributed by atoms with Gasteiger partial charge in [0.05, 0.1) is 17.7 Å². The van der Waals surface area contributed by atoms with Crippen molar-refractivity contribution in [2.24, 2.45) is 0 Å². The Kier molecular flexibility index (Phi) is 5.31. The first-order valence-electron chi connectivity index (χ1n) is 6.18. The Bertz CT molecular complexity index is 538. The second-order valence-electron chi connectivity index (χ2n) is 4.37. The van der Waals surface area contributed by atoms with Crippen molar-refractivity contribution in [2.75, 3.05) is 11.9 Å². The molecule has 0 aliphatic rings. The van der Waals surface area contributed by atoms with Gasteiger partial charge in [0, 0.05) is 5.69 Å². The van der Waals surface area contributed by atoms with Crippen molar-refractivity contribution >= 4 is 11.7 Å². The molecule has 0 radical (unpaired) electrons. The van der Waals surface area contributed by atoms with Crippen LogP contribution in [-0.2, 0) is 21.9 Å². The van der Waals surface area contributed by atoms with Gasteiger partial charge in [-0.2, -0.15) is 26.3 Å². The van der Waals surface area contributed by atoms with E-state index in [9.17, 15) is 31.1 Å². The minimum atomic E-state index is -5.17. The maximum atomic E-state index is 12.8. The number of anilines is 1. The van der Waals surface area contributed by atoms with E-state index in [4.69, 9.17) is 0 Å². The summed E-state index contributed by atoms with van der Waals surface area (Å²) < 4.78 is 80.7. The molecule has 0 bridgehead atoms. The highest BCUT2D eigenvalue weighted by Crippen LogP contribution is 2.41. The van der Waals surface area contributed by atoms with Crippen LogP contribution < -0.4 is 5.32 Å². The third-order valence-electron chi connectivity index (χ3n) is 2.65. The number of carbonyl (C=O) groups is 1. The molecule has 0 unspecified atom stereocenters. The van der Waals surface area contributed by atoms with Gasteiger partial charge in [-0.25, -0.2) is 4.79 Å². The summed E-state index contributed by atoms with van der Waals surface area (Å²) in [5.74, 6) is -0.726. The molecule has 1 atom stereocenters. The van der Waals surface area contributed by atoms with Crippen LogP contribution in [0.3, 0.4) is 0 Å². The lowest BCUT2D eigenvalue weighted by Crippen LogP contribution is -2.28. The summed E-state index contributed by atoms with van der Waals surface area (Å²) in [7, 11) is 0. The lowest BCUT2D eigenvalue weighted by atomic mass is 10.1. The lowest BCUT2D eigenvalue weighted by molar-refractivity contribution is -0.162. The molecular formula is C13H13F6NO2. The Balaban J connectivity index is 3.13. The van der Waals surface area contributed by atoms with Gasteiger partial charge in [0.15, 0.2) is 0 Å². The molecule has 0 saturated heterocycles. The van der Waals surface area contributed by atoms with E-state index in [1.807, 2.05) is 0 Å². The number of hydrogen-bond donors (Lipinski definition) is 1. The summed E-state index contributed by atoms with van der Waals surface area (Å²) in [5.41, 5.74) is -3.86. The zero-order chi connectivity index (χ0) is 17.1. The smallest absolute Gasteiger partial charge is 0.417 e. The van der Waals surface area contributed by atoms with Crippen LogP contribution in [0.25, 0.3) is 0 Å². The molecule has 0 aromatic heterocycles. The molecule has 1 aromatic carbocycles. The highest BCUT2D eigenvalue weighted by Gasteiger charge is 2.43. The Labute approximate surface area is 122 Å². The molecule has 3 nitrogen and oxygen atoms in total. The molecule has 0 heterocycles. The fraction of sp³-hybridized carbons (Fsp3) is 0.462. The molecule has 1 N–H and O–H groups in total.